The summed E-state index contributed by atoms with van der Waals surface area (Å²) in [4.78, 5) is 11.3. The lowest BCUT2D eigenvalue weighted by molar-refractivity contribution is 0.0942. The van der Waals surface area contributed by atoms with Crippen molar-refractivity contribution in [2.75, 3.05) is 6.54 Å². The van der Waals surface area contributed by atoms with E-state index in [-0.39, 0.29) is 12.5 Å². The molecule has 1 aromatic carbocycles. The standard InChI is InChI=1S/C10H13FN2O/c1-7-2-4-8(5-3-7)10(14)13-6-9(11)12/h2-5,9H,6,12H2,1H3,(H,13,14). The summed E-state index contributed by atoms with van der Waals surface area (Å²) in [7, 11) is 0. The molecule has 1 atom stereocenters. The first kappa shape index (κ1) is 10.7. The highest BCUT2D eigenvalue weighted by Crippen LogP contribution is 2.02. The number of amides is 1. The highest BCUT2D eigenvalue weighted by atomic mass is 19.1. The van der Waals surface area contributed by atoms with Gasteiger partial charge in [-0.25, -0.2) is 4.39 Å². The molecule has 3 nitrogen and oxygen atoms in total. The van der Waals surface area contributed by atoms with E-state index in [4.69, 9.17) is 5.73 Å². The Morgan fingerprint density at radius 1 is 1.50 bits per heavy atom. The lowest BCUT2D eigenvalue weighted by atomic mass is 10.1. The molecule has 0 saturated heterocycles. The molecule has 1 unspecified atom stereocenters. The molecule has 0 saturated carbocycles. The molecular formula is C10H13FN2O. The molecule has 4 heteroatoms. The Bertz CT molecular complexity index is 308. The minimum absolute atomic E-state index is 0.160. The van der Waals surface area contributed by atoms with Gasteiger partial charge in [-0.05, 0) is 19.1 Å². The summed E-state index contributed by atoms with van der Waals surface area (Å²) in [5.41, 5.74) is 6.44. The average molecular weight is 196 g/mol. The van der Waals surface area contributed by atoms with Crippen molar-refractivity contribution < 1.29 is 9.18 Å². The number of carbonyl (C=O) groups excluding carboxylic acids is 1. The summed E-state index contributed by atoms with van der Waals surface area (Å²) < 4.78 is 12.2. The zero-order valence-corrected chi connectivity index (χ0v) is 7.96. The summed E-state index contributed by atoms with van der Waals surface area (Å²) in [6.45, 7) is 1.77. The first-order valence-electron chi connectivity index (χ1n) is 4.34. The van der Waals surface area contributed by atoms with Crippen molar-refractivity contribution in [3.63, 3.8) is 0 Å². The average Bonchev–Trinajstić information content (AvgIpc) is 2.15. The third kappa shape index (κ3) is 3.14. The van der Waals surface area contributed by atoms with Crippen molar-refractivity contribution >= 4 is 5.91 Å². The Morgan fingerprint density at radius 2 is 2.07 bits per heavy atom. The molecule has 0 aliphatic heterocycles. The van der Waals surface area contributed by atoms with Crippen LogP contribution >= 0.6 is 0 Å². The van der Waals surface area contributed by atoms with Crippen LogP contribution in [0.2, 0.25) is 0 Å². The maximum atomic E-state index is 12.2. The van der Waals surface area contributed by atoms with E-state index in [2.05, 4.69) is 5.32 Å². The van der Waals surface area contributed by atoms with E-state index in [1.54, 1.807) is 12.1 Å². The van der Waals surface area contributed by atoms with Crippen LogP contribution in [0.3, 0.4) is 0 Å². The molecule has 1 aromatic rings. The second-order valence-corrected chi connectivity index (χ2v) is 3.09. The van der Waals surface area contributed by atoms with Gasteiger partial charge in [-0.2, -0.15) is 0 Å². The second-order valence-electron chi connectivity index (χ2n) is 3.09. The second kappa shape index (κ2) is 4.72. The fourth-order valence-corrected chi connectivity index (χ4v) is 0.997. The summed E-state index contributed by atoms with van der Waals surface area (Å²) in [5.74, 6) is -0.307. The van der Waals surface area contributed by atoms with Crippen molar-refractivity contribution in [2.24, 2.45) is 5.73 Å². The van der Waals surface area contributed by atoms with Gasteiger partial charge in [0.2, 0.25) is 0 Å². The minimum atomic E-state index is -1.51. The van der Waals surface area contributed by atoms with E-state index in [0.29, 0.717) is 5.56 Å². The molecule has 14 heavy (non-hydrogen) atoms. The fraction of sp³-hybridized carbons (Fsp3) is 0.300. The number of carbonyl (C=O) groups is 1. The van der Waals surface area contributed by atoms with Crippen molar-refractivity contribution in [3.8, 4) is 0 Å². The van der Waals surface area contributed by atoms with Crippen molar-refractivity contribution in [1.82, 2.24) is 5.32 Å². The molecule has 0 aromatic heterocycles. The van der Waals surface area contributed by atoms with Gasteiger partial charge in [0.15, 0.2) is 6.30 Å². The molecular weight excluding hydrogens is 183 g/mol. The van der Waals surface area contributed by atoms with E-state index in [1.807, 2.05) is 19.1 Å². The van der Waals surface area contributed by atoms with Gasteiger partial charge in [0.05, 0.1) is 6.54 Å². The van der Waals surface area contributed by atoms with E-state index >= 15 is 0 Å². The lowest BCUT2D eigenvalue weighted by Gasteiger charge is -2.05. The largest absolute Gasteiger partial charge is 0.348 e. The molecule has 1 rings (SSSR count). The SMILES string of the molecule is Cc1ccc(C(=O)NCC(N)F)cc1. The van der Waals surface area contributed by atoms with Crippen LogP contribution < -0.4 is 11.1 Å². The van der Waals surface area contributed by atoms with Gasteiger partial charge in [0.1, 0.15) is 0 Å². The van der Waals surface area contributed by atoms with Gasteiger partial charge in [-0.15, -0.1) is 0 Å². The number of hydrogen-bond donors (Lipinski definition) is 2. The van der Waals surface area contributed by atoms with Gasteiger partial charge in [0.25, 0.3) is 5.91 Å². The summed E-state index contributed by atoms with van der Waals surface area (Å²) in [6.07, 6.45) is -1.51. The number of halogens is 1. The van der Waals surface area contributed by atoms with Gasteiger partial charge in [-0.3, -0.25) is 4.79 Å². The maximum Gasteiger partial charge on any atom is 0.251 e. The number of rotatable bonds is 3. The Kier molecular flexibility index (Phi) is 3.59. The van der Waals surface area contributed by atoms with Gasteiger partial charge < -0.3 is 11.1 Å². The fourth-order valence-electron chi connectivity index (χ4n) is 0.997. The first-order valence-corrected chi connectivity index (χ1v) is 4.34. The highest BCUT2D eigenvalue weighted by molar-refractivity contribution is 5.94. The zero-order valence-electron chi connectivity index (χ0n) is 7.96. The van der Waals surface area contributed by atoms with Crippen molar-refractivity contribution in [1.29, 1.82) is 0 Å². The molecule has 0 radical (unpaired) electrons. The molecule has 0 fully saturated rings. The molecule has 0 aliphatic carbocycles. The lowest BCUT2D eigenvalue weighted by Crippen LogP contribution is -2.34. The zero-order chi connectivity index (χ0) is 10.6. The summed E-state index contributed by atoms with van der Waals surface area (Å²) >= 11 is 0. The van der Waals surface area contributed by atoms with Crippen LogP contribution in [-0.4, -0.2) is 18.7 Å². The maximum absolute atomic E-state index is 12.2. The summed E-state index contributed by atoms with van der Waals surface area (Å²) in [6, 6.07) is 7.03. The van der Waals surface area contributed by atoms with Crippen LogP contribution in [-0.2, 0) is 0 Å². The number of nitrogens with one attached hydrogen (secondary N) is 1. The molecule has 3 N–H and O–H groups in total. The van der Waals surface area contributed by atoms with E-state index in [1.165, 1.54) is 0 Å². The minimum Gasteiger partial charge on any atom is -0.348 e. The quantitative estimate of drug-likeness (QED) is 0.708. The third-order valence-electron chi connectivity index (χ3n) is 1.77. The number of nitrogens with two attached hydrogens (primary N) is 1. The van der Waals surface area contributed by atoms with E-state index in [0.717, 1.165) is 5.56 Å². The van der Waals surface area contributed by atoms with Crippen molar-refractivity contribution in [2.45, 2.75) is 13.2 Å². The van der Waals surface area contributed by atoms with Gasteiger partial charge in [0, 0.05) is 5.56 Å². The highest BCUT2D eigenvalue weighted by Gasteiger charge is 2.05. The molecule has 0 bridgehead atoms. The van der Waals surface area contributed by atoms with Gasteiger partial charge >= 0.3 is 0 Å². The van der Waals surface area contributed by atoms with E-state index in [9.17, 15) is 9.18 Å². The van der Waals surface area contributed by atoms with Crippen LogP contribution in [0.4, 0.5) is 4.39 Å². The predicted octanol–water partition coefficient (Wildman–Crippen LogP) is 0.979. The Balaban J connectivity index is 2.57. The smallest absolute Gasteiger partial charge is 0.251 e. The number of aryl methyl sites for hydroxylation is 1. The van der Waals surface area contributed by atoms with Crippen LogP contribution in [0.15, 0.2) is 24.3 Å². The van der Waals surface area contributed by atoms with Crippen LogP contribution in [0.1, 0.15) is 15.9 Å². The number of alkyl halides is 1. The first-order chi connectivity index (χ1) is 6.59. The molecule has 0 aliphatic rings. The molecule has 0 heterocycles. The van der Waals surface area contributed by atoms with Crippen LogP contribution in [0.25, 0.3) is 0 Å². The predicted molar refractivity (Wildman–Crippen MR) is 52.6 cm³/mol. The third-order valence-corrected chi connectivity index (χ3v) is 1.77. The molecule has 0 spiro atoms. The Labute approximate surface area is 82.1 Å². The Morgan fingerprint density at radius 3 is 2.57 bits per heavy atom. The van der Waals surface area contributed by atoms with Crippen LogP contribution in [0, 0.1) is 6.92 Å². The Hall–Kier alpha value is -1.42. The molecule has 76 valence electrons. The normalized spacial score (nSPS) is 12.2. The van der Waals surface area contributed by atoms with E-state index < -0.39 is 6.30 Å². The number of hydrogen-bond acceptors (Lipinski definition) is 2. The molecule has 1 amide bonds. The monoisotopic (exact) mass is 196 g/mol. The van der Waals surface area contributed by atoms with Crippen molar-refractivity contribution in [3.05, 3.63) is 35.4 Å². The summed E-state index contributed by atoms with van der Waals surface area (Å²) in [5, 5.41) is 2.38. The topological polar surface area (TPSA) is 55.1 Å². The number of benzene rings is 1. The van der Waals surface area contributed by atoms with Crippen LogP contribution in [0.5, 0.6) is 0 Å². The van der Waals surface area contributed by atoms with Gasteiger partial charge in [-0.1, -0.05) is 17.7 Å².